The van der Waals surface area contributed by atoms with Crippen LogP contribution in [-0.2, 0) is 5.60 Å². The summed E-state index contributed by atoms with van der Waals surface area (Å²) in [6.07, 6.45) is 4.30. The third-order valence-electron chi connectivity index (χ3n) is 2.38. The Kier molecular flexibility index (Phi) is 1.81. The summed E-state index contributed by atoms with van der Waals surface area (Å²) in [5.41, 5.74) is 0.0862. The molecule has 0 aliphatic heterocycles. The minimum Gasteiger partial charge on any atom is -0.384 e. The quantitative estimate of drug-likeness (QED) is 0.724. The van der Waals surface area contributed by atoms with E-state index in [1.807, 2.05) is 0 Å². The molecular weight excluding hydrogens is 174 g/mol. The molecule has 1 aromatic rings. The molecule has 0 amide bonds. The maximum atomic E-state index is 9.87. The molecule has 3 heteroatoms. The van der Waals surface area contributed by atoms with Gasteiger partial charge >= 0.3 is 0 Å². The van der Waals surface area contributed by atoms with E-state index in [1.54, 1.807) is 18.3 Å². The van der Waals surface area contributed by atoms with Crippen molar-refractivity contribution in [1.82, 2.24) is 4.98 Å². The van der Waals surface area contributed by atoms with Crippen molar-refractivity contribution in [2.75, 3.05) is 0 Å². The number of pyridine rings is 1. The Morgan fingerprint density at radius 2 is 2.17 bits per heavy atom. The maximum absolute atomic E-state index is 9.87. The van der Waals surface area contributed by atoms with Gasteiger partial charge in [0.05, 0.1) is 10.7 Å². The molecule has 1 saturated carbocycles. The van der Waals surface area contributed by atoms with Crippen LogP contribution in [0, 0.1) is 0 Å². The van der Waals surface area contributed by atoms with E-state index in [2.05, 4.69) is 4.98 Å². The number of aliphatic hydroxyl groups is 1. The Hall–Kier alpha value is -0.600. The average molecular weight is 184 g/mol. The molecule has 0 bridgehead atoms. The molecule has 2 rings (SSSR count). The number of hydrogen-bond donors (Lipinski definition) is 1. The van der Waals surface area contributed by atoms with Gasteiger partial charge in [-0.1, -0.05) is 11.6 Å². The molecule has 0 unspecified atom stereocenters. The summed E-state index contributed by atoms with van der Waals surface area (Å²) < 4.78 is 0. The summed E-state index contributed by atoms with van der Waals surface area (Å²) in [5.74, 6) is 0. The maximum Gasteiger partial charge on any atom is 0.106 e. The van der Waals surface area contributed by atoms with E-state index in [0.29, 0.717) is 5.02 Å². The first-order valence-electron chi connectivity index (χ1n) is 4.05. The largest absolute Gasteiger partial charge is 0.384 e. The topological polar surface area (TPSA) is 33.1 Å². The van der Waals surface area contributed by atoms with Gasteiger partial charge in [-0.05, 0) is 31.4 Å². The van der Waals surface area contributed by atoms with Gasteiger partial charge in [0.25, 0.3) is 0 Å². The van der Waals surface area contributed by atoms with Crippen LogP contribution in [0.15, 0.2) is 18.3 Å². The second-order valence-electron chi connectivity index (χ2n) is 3.25. The molecule has 12 heavy (non-hydrogen) atoms. The van der Waals surface area contributed by atoms with Crippen molar-refractivity contribution >= 4 is 11.6 Å². The molecule has 0 spiro atoms. The van der Waals surface area contributed by atoms with E-state index in [-0.39, 0.29) is 0 Å². The van der Waals surface area contributed by atoms with Crippen molar-refractivity contribution in [2.45, 2.75) is 24.9 Å². The molecule has 1 N–H and O–H groups in total. The molecule has 64 valence electrons. The zero-order valence-electron chi connectivity index (χ0n) is 6.63. The van der Waals surface area contributed by atoms with E-state index in [1.165, 1.54) is 0 Å². The molecule has 0 saturated heterocycles. The Balaban J connectivity index is 2.28. The van der Waals surface area contributed by atoms with E-state index < -0.39 is 5.60 Å². The van der Waals surface area contributed by atoms with E-state index in [0.717, 1.165) is 25.0 Å². The first kappa shape index (κ1) is 8.02. The second-order valence-corrected chi connectivity index (χ2v) is 3.68. The minimum atomic E-state index is -0.662. The van der Waals surface area contributed by atoms with Crippen LogP contribution in [0.4, 0.5) is 0 Å². The summed E-state index contributed by atoms with van der Waals surface area (Å²) in [6, 6.07) is 3.56. The first-order chi connectivity index (χ1) is 5.71. The van der Waals surface area contributed by atoms with Crippen LogP contribution >= 0.6 is 11.6 Å². The van der Waals surface area contributed by atoms with Gasteiger partial charge in [-0.15, -0.1) is 0 Å². The lowest BCUT2D eigenvalue weighted by Gasteiger charge is -2.35. The zero-order valence-corrected chi connectivity index (χ0v) is 7.38. The Morgan fingerprint density at radius 3 is 2.58 bits per heavy atom. The number of hydrogen-bond acceptors (Lipinski definition) is 2. The summed E-state index contributed by atoms with van der Waals surface area (Å²) in [5, 5.41) is 10.5. The molecule has 0 radical (unpaired) electrons. The fourth-order valence-electron chi connectivity index (χ4n) is 1.42. The van der Waals surface area contributed by atoms with Gasteiger partial charge in [0.2, 0.25) is 0 Å². The number of aromatic nitrogens is 1. The van der Waals surface area contributed by atoms with Gasteiger partial charge in [0.1, 0.15) is 5.60 Å². The van der Waals surface area contributed by atoms with Gasteiger partial charge in [0, 0.05) is 6.20 Å². The summed E-state index contributed by atoms with van der Waals surface area (Å²) in [6.45, 7) is 0. The highest BCUT2D eigenvalue weighted by Crippen LogP contribution is 2.39. The first-order valence-corrected chi connectivity index (χ1v) is 4.43. The van der Waals surface area contributed by atoms with Crippen LogP contribution in [0.5, 0.6) is 0 Å². The fourth-order valence-corrected chi connectivity index (χ4v) is 1.53. The molecule has 2 nitrogen and oxygen atoms in total. The second kappa shape index (κ2) is 2.71. The van der Waals surface area contributed by atoms with Crippen molar-refractivity contribution in [2.24, 2.45) is 0 Å². The third kappa shape index (κ3) is 1.21. The van der Waals surface area contributed by atoms with Crippen molar-refractivity contribution < 1.29 is 5.11 Å². The molecule has 1 aliphatic rings. The van der Waals surface area contributed by atoms with Gasteiger partial charge in [-0.3, -0.25) is 4.98 Å². The third-order valence-corrected chi connectivity index (χ3v) is 2.61. The average Bonchev–Trinajstić information content (AvgIpc) is 2.02. The molecule has 1 aromatic heterocycles. The van der Waals surface area contributed by atoms with Crippen LogP contribution in [0.25, 0.3) is 0 Å². The smallest absolute Gasteiger partial charge is 0.106 e. The number of rotatable bonds is 1. The van der Waals surface area contributed by atoms with E-state index in [4.69, 9.17) is 11.6 Å². The molecule has 0 aromatic carbocycles. The molecule has 1 fully saturated rings. The monoisotopic (exact) mass is 183 g/mol. The van der Waals surface area contributed by atoms with Crippen molar-refractivity contribution in [1.29, 1.82) is 0 Å². The predicted octanol–water partition coefficient (Wildman–Crippen LogP) is 2.11. The molecule has 0 atom stereocenters. The predicted molar refractivity (Wildman–Crippen MR) is 47.0 cm³/mol. The van der Waals surface area contributed by atoms with Crippen LogP contribution < -0.4 is 0 Å². The minimum absolute atomic E-state index is 0.613. The Morgan fingerprint density at radius 1 is 1.42 bits per heavy atom. The summed E-state index contributed by atoms with van der Waals surface area (Å²) >= 11 is 5.68. The van der Waals surface area contributed by atoms with Gasteiger partial charge in [-0.2, -0.15) is 0 Å². The van der Waals surface area contributed by atoms with Gasteiger partial charge in [0.15, 0.2) is 0 Å². The number of halogens is 1. The zero-order chi connectivity index (χ0) is 8.60. The molecule has 1 aliphatic carbocycles. The summed E-state index contributed by atoms with van der Waals surface area (Å²) in [7, 11) is 0. The highest BCUT2D eigenvalue weighted by molar-refractivity contribution is 6.30. The highest BCUT2D eigenvalue weighted by Gasteiger charge is 2.37. The SMILES string of the molecule is OC1(c2ccc(Cl)cn2)CCC1. The lowest BCUT2D eigenvalue weighted by Crippen LogP contribution is -2.34. The fraction of sp³-hybridized carbons (Fsp3) is 0.444. The summed E-state index contributed by atoms with van der Waals surface area (Å²) in [4.78, 5) is 4.09. The lowest BCUT2D eigenvalue weighted by molar-refractivity contribution is -0.0426. The van der Waals surface area contributed by atoms with Crippen LogP contribution in [0.2, 0.25) is 5.02 Å². The van der Waals surface area contributed by atoms with Crippen LogP contribution in [0.1, 0.15) is 25.0 Å². The van der Waals surface area contributed by atoms with Gasteiger partial charge < -0.3 is 5.11 Å². The lowest BCUT2D eigenvalue weighted by atomic mass is 9.78. The van der Waals surface area contributed by atoms with Crippen molar-refractivity contribution in [3.63, 3.8) is 0 Å². The van der Waals surface area contributed by atoms with Crippen LogP contribution in [-0.4, -0.2) is 10.1 Å². The molecule has 1 heterocycles. The molecular formula is C9H10ClNO. The number of nitrogens with zero attached hydrogens (tertiary/aromatic N) is 1. The Labute approximate surface area is 76.2 Å². The highest BCUT2D eigenvalue weighted by atomic mass is 35.5. The van der Waals surface area contributed by atoms with E-state index in [9.17, 15) is 5.11 Å². The van der Waals surface area contributed by atoms with Crippen molar-refractivity contribution in [3.05, 3.63) is 29.0 Å². The van der Waals surface area contributed by atoms with Crippen LogP contribution in [0.3, 0.4) is 0 Å². The van der Waals surface area contributed by atoms with Gasteiger partial charge in [-0.25, -0.2) is 0 Å². The normalized spacial score (nSPS) is 20.2. The van der Waals surface area contributed by atoms with E-state index >= 15 is 0 Å². The van der Waals surface area contributed by atoms with Crippen molar-refractivity contribution in [3.8, 4) is 0 Å². The standard InChI is InChI=1S/C9H10ClNO/c10-7-2-3-8(11-6-7)9(12)4-1-5-9/h2-3,6,12H,1,4-5H2. The Bertz CT molecular complexity index is 279.